The molecule has 1 N–H and O–H groups in total. The number of pyridine rings is 2. The van der Waals surface area contributed by atoms with Gasteiger partial charge in [-0.15, -0.1) is 0 Å². The van der Waals surface area contributed by atoms with Gasteiger partial charge in [-0.3, -0.25) is 19.5 Å². The standard InChI is InChI=1S/C24H23FN4O3/c1-14-15(2)21(24(31)29(3)22-17(14)7-6-11-27-22)28-23(30)19-13-16(10-12-26-19)32-20-9-5-4-8-18(20)25/h4-15,21H,1-3H3,(H,28,30)/t14-,15+,21+/m1/s1. The monoisotopic (exact) mass is 434 g/mol. The Morgan fingerprint density at radius 2 is 1.88 bits per heavy atom. The van der Waals surface area contributed by atoms with Crippen molar-refractivity contribution in [3.8, 4) is 11.5 Å². The Kier molecular flexibility index (Phi) is 5.85. The van der Waals surface area contributed by atoms with Crippen molar-refractivity contribution >= 4 is 17.6 Å². The number of fused-ring (bicyclic) bond motifs is 1. The average molecular weight is 434 g/mol. The Morgan fingerprint density at radius 1 is 1.09 bits per heavy atom. The maximum absolute atomic E-state index is 13.9. The van der Waals surface area contributed by atoms with E-state index in [1.807, 2.05) is 26.0 Å². The second-order valence-electron chi connectivity index (χ2n) is 7.82. The fourth-order valence-electron chi connectivity index (χ4n) is 3.82. The molecule has 3 aromatic rings. The van der Waals surface area contributed by atoms with Crippen molar-refractivity contribution in [1.82, 2.24) is 15.3 Å². The number of anilines is 1. The van der Waals surface area contributed by atoms with E-state index in [0.29, 0.717) is 5.82 Å². The fourth-order valence-corrected chi connectivity index (χ4v) is 3.82. The normalized spacial score (nSPS) is 20.3. The van der Waals surface area contributed by atoms with Gasteiger partial charge in [0.05, 0.1) is 0 Å². The third kappa shape index (κ3) is 4.03. The molecule has 0 bridgehead atoms. The van der Waals surface area contributed by atoms with E-state index < -0.39 is 17.8 Å². The zero-order chi connectivity index (χ0) is 22.8. The number of hydrogen-bond acceptors (Lipinski definition) is 5. The van der Waals surface area contributed by atoms with E-state index in [1.165, 1.54) is 35.4 Å². The lowest BCUT2D eigenvalue weighted by Gasteiger charge is -2.26. The third-order valence-electron chi connectivity index (χ3n) is 5.85. The number of para-hydroxylation sites is 1. The molecule has 0 saturated heterocycles. The second kappa shape index (κ2) is 8.74. The van der Waals surface area contributed by atoms with E-state index in [1.54, 1.807) is 25.4 Å². The molecule has 0 radical (unpaired) electrons. The van der Waals surface area contributed by atoms with E-state index in [0.717, 1.165) is 5.56 Å². The maximum Gasteiger partial charge on any atom is 0.270 e. The number of hydrogen-bond donors (Lipinski definition) is 1. The zero-order valence-corrected chi connectivity index (χ0v) is 17.9. The quantitative estimate of drug-likeness (QED) is 0.673. The van der Waals surface area contributed by atoms with Crippen LogP contribution in [0.5, 0.6) is 11.5 Å². The highest BCUT2D eigenvalue weighted by molar-refractivity contribution is 6.02. The molecule has 164 valence electrons. The van der Waals surface area contributed by atoms with Crippen LogP contribution in [0, 0.1) is 11.7 Å². The summed E-state index contributed by atoms with van der Waals surface area (Å²) in [6.07, 6.45) is 3.04. The van der Waals surface area contributed by atoms with Crippen LogP contribution < -0.4 is 15.0 Å². The lowest BCUT2D eigenvalue weighted by Crippen LogP contribution is -2.50. The van der Waals surface area contributed by atoms with Crippen LogP contribution in [-0.2, 0) is 4.79 Å². The predicted molar refractivity (Wildman–Crippen MR) is 117 cm³/mol. The van der Waals surface area contributed by atoms with E-state index in [2.05, 4.69) is 15.3 Å². The van der Waals surface area contributed by atoms with Crippen molar-refractivity contribution < 1.29 is 18.7 Å². The van der Waals surface area contributed by atoms with Gasteiger partial charge in [0, 0.05) is 25.5 Å². The largest absolute Gasteiger partial charge is 0.454 e. The van der Waals surface area contributed by atoms with Gasteiger partial charge in [0.15, 0.2) is 11.6 Å². The van der Waals surface area contributed by atoms with E-state index >= 15 is 0 Å². The van der Waals surface area contributed by atoms with Crippen LogP contribution in [0.2, 0.25) is 0 Å². The molecular formula is C24H23FN4O3. The molecule has 0 fully saturated rings. The predicted octanol–water partition coefficient (Wildman–Crippen LogP) is 3.92. The minimum Gasteiger partial charge on any atom is -0.454 e. The summed E-state index contributed by atoms with van der Waals surface area (Å²) in [4.78, 5) is 36.1. The summed E-state index contributed by atoms with van der Waals surface area (Å²) in [5, 5.41) is 2.82. The van der Waals surface area contributed by atoms with Crippen LogP contribution in [0.1, 0.15) is 35.8 Å². The Balaban J connectivity index is 1.56. The van der Waals surface area contributed by atoms with Gasteiger partial charge >= 0.3 is 0 Å². The van der Waals surface area contributed by atoms with Gasteiger partial charge in [-0.05, 0) is 41.7 Å². The molecule has 0 unspecified atom stereocenters. The summed E-state index contributed by atoms with van der Waals surface area (Å²) in [6.45, 7) is 3.94. The third-order valence-corrected chi connectivity index (χ3v) is 5.85. The van der Waals surface area contributed by atoms with Crippen LogP contribution >= 0.6 is 0 Å². The van der Waals surface area contributed by atoms with Crippen molar-refractivity contribution in [2.24, 2.45) is 5.92 Å². The highest BCUT2D eigenvalue weighted by Crippen LogP contribution is 2.36. The fraction of sp³-hybridized carbons (Fsp3) is 0.250. The molecule has 4 rings (SSSR count). The summed E-state index contributed by atoms with van der Waals surface area (Å²) in [5.41, 5.74) is 1.01. The van der Waals surface area contributed by atoms with Crippen LogP contribution in [0.3, 0.4) is 0 Å². The van der Waals surface area contributed by atoms with Crippen molar-refractivity contribution in [2.75, 3.05) is 11.9 Å². The maximum atomic E-state index is 13.9. The number of rotatable bonds is 4. The van der Waals surface area contributed by atoms with E-state index in [4.69, 9.17) is 4.74 Å². The minimum atomic E-state index is -0.769. The molecule has 0 aliphatic carbocycles. The molecule has 0 saturated carbocycles. The van der Waals surface area contributed by atoms with Gasteiger partial charge in [-0.1, -0.05) is 32.0 Å². The number of aromatic nitrogens is 2. The van der Waals surface area contributed by atoms with E-state index in [-0.39, 0.29) is 34.9 Å². The number of benzene rings is 1. The van der Waals surface area contributed by atoms with Gasteiger partial charge in [0.25, 0.3) is 11.8 Å². The Morgan fingerprint density at radius 3 is 2.66 bits per heavy atom. The van der Waals surface area contributed by atoms with E-state index in [9.17, 15) is 14.0 Å². The van der Waals surface area contributed by atoms with Crippen molar-refractivity contribution in [3.05, 3.63) is 78.0 Å². The van der Waals surface area contributed by atoms with Crippen LogP contribution in [-0.4, -0.2) is 34.9 Å². The van der Waals surface area contributed by atoms with Crippen LogP contribution in [0.25, 0.3) is 0 Å². The Hall–Kier alpha value is -3.81. The molecule has 3 atom stereocenters. The summed E-state index contributed by atoms with van der Waals surface area (Å²) < 4.78 is 19.4. The molecule has 1 aromatic carbocycles. The molecule has 7 nitrogen and oxygen atoms in total. The second-order valence-corrected chi connectivity index (χ2v) is 7.82. The smallest absolute Gasteiger partial charge is 0.270 e. The average Bonchev–Trinajstić information content (AvgIpc) is 2.87. The molecular weight excluding hydrogens is 411 g/mol. The molecule has 0 spiro atoms. The first kappa shape index (κ1) is 21.4. The molecule has 1 aliphatic rings. The zero-order valence-electron chi connectivity index (χ0n) is 17.9. The van der Waals surface area contributed by atoms with Crippen LogP contribution in [0.4, 0.5) is 10.2 Å². The van der Waals surface area contributed by atoms with Gasteiger partial charge in [0.1, 0.15) is 23.3 Å². The molecule has 32 heavy (non-hydrogen) atoms. The highest BCUT2D eigenvalue weighted by Gasteiger charge is 2.39. The molecule has 2 amide bonds. The molecule has 8 heteroatoms. The lowest BCUT2D eigenvalue weighted by atomic mass is 9.85. The summed E-state index contributed by atoms with van der Waals surface area (Å²) in [5.74, 6) is -0.595. The van der Waals surface area contributed by atoms with Gasteiger partial charge in [-0.2, -0.15) is 0 Å². The molecule has 3 heterocycles. The first-order chi connectivity index (χ1) is 15.4. The van der Waals surface area contributed by atoms with Gasteiger partial charge in [0.2, 0.25) is 0 Å². The number of carbonyl (C=O) groups is 2. The summed E-state index contributed by atoms with van der Waals surface area (Å²) in [6, 6.07) is 11.9. The van der Waals surface area contributed by atoms with Crippen molar-refractivity contribution in [1.29, 1.82) is 0 Å². The number of nitrogens with zero attached hydrogens (tertiary/aromatic N) is 3. The number of nitrogens with one attached hydrogen (secondary N) is 1. The van der Waals surface area contributed by atoms with Gasteiger partial charge < -0.3 is 10.1 Å². The Bertz CT molecular complexity index is 1170. The number of amides is 2. The van der Waals surface area contributed by atoms with Gasteiger partial charge in [-0.25, -0.2) is 9.37 Å². The summed E-state index contributed by atoms with van der Waals surface area (Å²) >= 11 is 0. The topological polar surface area (TPSA) is 84.4 Å². The number of halogens is 1. The van der Waals surface area contributed by atoms with Crippen LogP contribution in [0.15, 0.2) is 60.9 Å². The number of likely N-dealkylation sites (N-methyl/N-ethyl adjacent to an activating group) is 1. The first-order valence-electron chi connectivity index (χ1n) is 10.3. The molecule has 1 aliphatic heterocycles. The summed E-state index contributed by atoms with van der Waals surface area (Å²) in [7, 11) is 1.65. The first-order valence-corrected chi connectivity index (χ1v) is 10.3. The SMILES string of the molecule is C[C@@H]1[C@H](NC(=O)c2cc(Oc3ccccc3F)ccn2)C(=O)N(C)c2ncccc2[C@@H]1C. The molecule has 2 aromatic heterocycles. The lowest BCUT2D eigenvalue weighted by molar-refractivity contribution is -0.121. The minimum absolute atomic E-state index is 0.0124. The number of carbonyl (C=O) groups excluding carboxylic acids is 2. The van der Waals surface area contributed by atoms with Crippen molar-refractivity contribution in [3.63, 3.8) is 0 Å². The number of ether oxygens (including phenoxy) is 1. The highest BCUT2D eigenvalue weighted by atomic mass is 19.1. The Labute approximate surface area is 185 Å². The van der Waals surface area contributed by atoms with Crippen molar-refractivity contribution in [2.45, 2.75) is 25.8 Å².